The molecule has 1 aliphatic rings. The van der Waals surface area contributed by atoms with Gasteiger partial charge in [-0.15, -0.1) is 0 Å². The van der Waals surface area contributed by atoms with Crippen LogP contribution < -0.4 is 10.6 Å². The van der Waals surface area contributed by atoms with Crippen molar-refractivity contribution < 1.29 is 4.79 Å². The van der Waals surface area contributed by atoms with E-state index in [0.717, 1.165) is 13.0 Å². The standard InChI is InChI=1S/C15H22N2O/c1-15(2,3)10-17-14(18)13-8-11-6-4-5-7-12(11)9-16-13/h4-7,13,16H,8-10H2,1-3H3,(H,17,18)/t13-/m1/s1. The molecule has 0 saturated carbocycles. The lowest BCUT2D eigenvalue weighted by Gasteiger charge is -2.27. The van der Waals surface area contributed by atoms with Crippen LogP contribution in [0.15, 0.2) is 24.3 Å². The van der Waals surface area contributed by atoms with Crippen molar-refractivity contribution in [2.45, 2.75) is 39.8 Å². The van der Waals surface area contributed by atoms with Gasteiger partial charge >= 0.3 is 0 Å². The number of carbonyl (C=O) groups excluding carboxylic acids is 1. The topological polar surface area (TPSA) is 41.1 Å². The number of benzene rings is 1. The number of fused-ring (bicyclic) bond motifs is 1. The maximum Gasteiger partial charge on any atom is 0.237 e. The molecule has 1 heterocycles. The number of rotatable bonds is 2. The molecule has 98 valence electrons. The molecule has 0 spiro atoms. The lowest BCUT2D eigenvalue weighted by molar-refractivity contribution is -0.123. The van der Waals surface area contributed by atoms with Crippen LogP contribution >= 0.6 is 0 Å². The molecule has 3 heteroatoms. The first-order valence-electron chi connectivity index (χ1n) is 6.53. The molecule has 0 bridgehead atoms. The van der Waals surface area contributed by atoms with E-state index in [0.29, 0.717) is 6.54 Å². The van der Waals surface area contributed by atoms with Crippen molar-refractivity contribution in [3.63, 3.8) is 0 Å². The number of hydrogen-bond donors (Lipinski definition) is 2. The monoisotopic (exact) mass is 246 g/mol. The molecule has 1 atom stereocenters. The highest BCUT2D eigenvalue weighted by molar-refractivity contribution is 5.82. The van der Waals surface area contributed by atoms with Crippen molar-refractivity contribution in [1.82, 2.24) is 10.6 Å². The van der Waals surface area contributed by atoms with Crippen molar-refractivity contribution in [3.8, 4) is 0 Å². The predicted octanol–water partition coefficient (Wildman–Crippen LogP) is 1.86. The summed E-state index contributed by atoms with van der Waals surface area (Å²) in [6.45, 7) is 7.86. The molecule has 1 aromatic carbocycles. The lowest BCUT2D eigenvalue weighted by atomic mass is 9.94. The van der Waals surface area contributed by atoms with Crippen LogP contribution in [-0.2, 0) is 17.8 Å². The van der Waals surface area contributed by atoms with Gasteiger partial charge in [0.1, 0.15) is 0 Å². The summed E-state index contributed by atoms with van der Waals surface area (Å²) >= 11 is 0. The highest BCUT2D eigenvalue weighted by Crippen LogP contribution is 2.16. The smallest absolute Gasteiger partial charge is 0.237 e. The van der Waals surface area contributed by atoms with Crippen molar-refractivity contribution in [3.05, 3.63) is 35.4 Å². The van der Waals surface area contributed by atoms with Gasteiger partial charge in [-0.1, -0.05) is 45.0 Å². The Labute approximate surface area is 109 Å². The van der Waals surface area contributed by atoms with Gasteiger partial charge in [-0.3, -0.25) is 4.79 Å². The maximum atomic E-state index is 12.1. The summed E-state index contributed by atoms with van der Waals surface area (Å²) in [5, 5.41) is 6.32. The van der Waals surface area contributed by atoms with Crippen LogP contribution in [0.4, 0.5) is 0 Å². The molecule has 1 amide bonds. The minimum Gasteiger partial charge on any atom is -0.354 e. The second-order valence-corrected chi connectivity index (χ2v) is 6.18. The third-order valence-corrected chi connectivity index (χ3v) is 3.19. The summed E-state index contributed by atoms with van der Waals surface area (Å²) in [5.74, 6) is 0.111. The summed E-state index contributed by atoms with van der Waals surface area (Å²) in [6.07, 6.45) is 0.784. The molecule has 0 aliphatic carbocycles. The summed E-state index contributed by atoms with van der Waals surface area (Å²) in [7, 11) is 0. The van der Waals surface area contributed by atoms with Crippen molar-refractivity contribution in [2.24, 2.45) is 5.41 Å². The van der Waals surface area contributed by atoms with Gasteiger partial charge in [-0.2, -0.15) is 0 Å². The Morgan fingerprint density at radius 1 is 1.33 bits per heavy atom. The summed E-state index contributed by atoms with van der Waals surface area (Å²) in [6, 6.07) is 8.21. The molecule has 2 N–H and O–H groups in total. The Hall–Kier alpha value is -1.35. The molecule has 2 rings (SSSR count). The van der Waals surface area contributed by atoms with E-state index < -0.39 is 0 Å². The first-order valence-corrected chi connectivity index (χ1v) is 6.53. The van der Waals surface area contributed by atoms with Crippen LogP contribution in [0, 0.1) is 5.41 Å². The van der Waals surface area contributed by atoms with Gasteiger partial charge in [0.05, 0.1) is 6.04 Å². The van der Waals surface area contributed by atoms with Gasteiger partial charge in [0.15, 0.2) is 0 Å². The first kappa shape index (κ1) is 13.1. The third-order valence-electron chi connectivity index (χ3n) is 3.19. The molecule has 18 heavy (non-hydrogen) atoms. The van der Waals surface area contributed by atoms with Crippen molar-refractivity contribution in [2.75, 3.05) is 6.54 Å². The summed E-state index contributed by atoms with van der Waals surface area (Å²) in [4.78, 5) is 12.1. The highest BCUT2D eigenvalue weighted by atomic mass is 16.2. The van der Waals surface area contributed by atoms with Crippen LogP contribution in [0.5, 0.6) is 0 Å². The Kier molecular flexibility index (Phi) is 3.71. The van der Waals surface area contributed by atoms with E-state index in [9.17, 15) is 4.79 Å². The molecule has 0 saturated heterocycles. The SMILES string of the molecule is CC(C)(C)CNC(=O)[C@H]1Cc2ccccc2CN1. The Morgan fingerprint density at radius 2 is 2.00 bits per heavy atom. The Bertz CT molecular complexity index is 434. The second kappa shape index (κ2) is 5.11. The molecule has 1 aliphatic heterocycles. The fourth-order valence-electron chi connectivity index (χ4n) is 2.12. The number of hydrogen-bond acceptors (Lipinski definition) is 2. The summed E-state index contributed by atoms with van der Waals surface area (Å²) in [5.41, 5.74) is 2.71. The minimum absolute atomic E-state index is 0.0951. The Balaban J connectivity index is 1.95. The average molecular weight is 246 g/mol. The number of amides is 1. The van der Waals surface area contributed by atoms with Gasteiger partial charge in [0.2, 0.25) is 5.91 Å². The number of carbonyl (C=O) groups is 1. The van der Waals surface area contributed by atoms with E-state index in [1.165, 1.54) is 11.1 Å². The molecular formula is C15H22N2O. The molecule has 1 aromatic rings. The third kappa shape index (κ3) is 3.33. The normalized spacial score (nSPS) is 19.2. The zero-order valence-corrected chi connectivity index (χ0v) is 11.4. The quantitative estimate of drug-likeness (QED) is 0.836. The molecular weight excluding hydrogens is 224 g/mol. The van der Waals surface area contributed by atoms with Gasteiger partial charge in [0, 0.05) is 13.1 Å². The predicted molar refractivity (Wildman–Crippen MR) is 73.2 cm³/mol. The van der Waals surface area contributed by atoms with Crippen LogP contribution in [0.2, 0.25) is 0 Å². The van der Waals surface area contributed by atoms with E-state index in [1.807, 2.05) is 12.1 Å². The van der Waals surface area contributed by atoms with E-state index in [4.69, 9.17) is 0 Å². The zero-order chi connectivity index (χ0) is 13.2. The largest absolute Gasteiger partial charge is 0.354 e. The molecule has 3 nitrogen and oxygen atoms in total. The zero-order valence-electron chi connectivity index (χ0n) is 11.4. The molecule has 0 unspecified atom stereocenters. The first-order chi connectivity index (χ1) is 8.46. The minimum atomic E-state index is -0.0951. The van der Waals surface area contributed by atoms with Gasteiger partial charge in [-0.25, -0.2) is 0 Å². The molecule has 0 fully saturated rings. The van der Waals surface area contributed by atoms with Gasteiger partial charge < -0.3 is 10.6 Å². The van der Waals surface area contributed by atoms with E-state index in [-0.39, 0.29) is 17.4 Å². The Morgan fingerprint density at radius 3 is 2.67 bits per heavy atom. The second-order valence-electron chi connectivity index (χ2n) is 6.18. The summed E-state index contributed by atoms with van der Waals surface area (Å²) < 4.78 is 0. The number of nitrogens with one attached hydrogen (secondary N) is 2. The fraction of sp³-hybridized carbons (Fsp3) is 0.533. The van der Waals surface area contributed by atoms with E-state index in [1.54, 1.807) is 0 Å². The highest BCUT2D eigenvalue weighted by Gasteiger charge is 2.24. The molecule has 0 aromatic heterocycles. The van der Waals surface area contributed by atoms with Crippen LogP contribution in [0.1, 0.15) is 31.9 Å². The van der Waals surface area contributed by atoms with Crippen molar-refractivity contribution in [1.29, 1.82) is 0 Å². The van der Waals surface area contributed by atoms with Crippen LogP contribution in [0.25, 0.3) is 0 Å². The van der Waals surface area contributed by atoms with E-state index in [2.05, 4.69) is 43.5 Å². The van der Waals surface area contributed by atoms with Gasteiger partial charge in [-0.05, 0) is 23.0 Å². The van der Waals surface area contributed by atoms with Crippen molar-refractivity contribution >= 4 is 5.91 Å². The van der Waals surface area contributed by atoms with E-state index >= 15 is 0 Å². The fourth-order valence-corrected chi connectivity index (χ4v) is 2.12. The average Bonchev–Trinajstić information content (AvgIpc) is 2.34. The lowest BCUT2D eigenvalue weighted by Crippen LogP contribution is -2.49. The van der Waals surface area contributed by atoms with Crippen LogP contribution in [-0.4, -0.2) is 18.5 Å². The van der Waals surface area contributed by atoms with Crippen LogP contribution in [0.3, 0.4) is 0 Å². The molecule has 0 radical (unpaired) electrons. The maximum absolute atomic E-state index is 12.1. The van der Waals surface area contributed by atoms with Gasteiger partial charge in [0.25, 0.3) is 0 Å².